The standard InChI is InChI=1S/C21H24N2O3/c1-15-5-3-7-17(13-15)20-21(25)22-11-12-23(20)19(24)10-9-16-6-4-8-18(14-16)26-2/h3-8,13-14,20H,9-12H2,1-2H3,(H,22,25). The molecular weight excluding hydrogens is 328 g/mol. The van der Waals surface area contributed by atoms with Gasteiger partial charge in [-0.1, -0.05) is 42.0 Å². The molecule has 1 saturated heterocycles. The van der Waals surface area contributed by atoms with Crippen molar-refractivity contribution in [3.63, 3.8) is 0 Å². The summed E-state index contributed by atoms with van der Waals surface area (Å²) in [5, 5.41) is 2.87. The largest absolute Gasteiger partial charge is 0.497 e. The van der Waals surface area contributed by atoms with Gasteiger partial charge in [0.05, 0.1) is 7.11 Å². The van der Waals surface area contributed by atoms with Gasteiger partial charge in [-0.25, -0.2) is 0 Å². The lowest BCUT2D eigenvalue weighted by Crippen LogP contribution is -2.52. The molecule has 1 fully saturated rings. The number of methoxy groups -OCH3 is 1. The van der Waals surface area contributed by atoms with E-state index in [1.807, 2.05) is 55.5 Å². The van der Waals surface area contributed by atoms with Crippen LogP contribution in [-0.4, -0.2) is 36.9 Å². The molecule has 0 aliphatic carbocycles. The van der Waals surface area contributed by atoms with Crippen LogP contribution in [-0.2, 0) is 16.0 Å². The van der Waals surface area contributed by atoms with Crippen molar-refractivity contribution < 1.29 is 14.3 Å². The van der Waals surface area contributed by atoms with Crippen LogP contribution in [0.1, 0.15) is 29.2 Å². The van der Waals surface area contributed by atoms with Crippen LogP contribution >= 0.6 is 0 Å². The van der Waals surface area contributed by atoms with Gasteiger partial charge in [0, 0.05) is 19.5 Å². The van der Waals surface area contributed by atoms with Crippen molar-refractivity contribution in [2.24, 2.45) is 0 Å². The van der Waals surface area contributed by atoms with Crippen molar-refractivity contribution in [3.8, 4) is 5.75 Å². The Morgan fingerprint density at radius 3 is 2.81 bits per heavy atom. The van der Waals surface area contributed by atoms with Gasteiger partial charge in [-0.15, -0.1) is 0 Å². The van der Waals surface area contributed by atoms with Crippen LogP contribution in [0, 0.1) is 6.92 Å². The zero-order chi connectivity index (χ0) is 18.5. The molecule has 136 valence electrons. The number of ether oxygens (including phenoxy) is 1. The van der Waals surface area contributed by atoms with Crippen molar-refractivity contribution >= 4 is 11.8 Å². The number of nitrogens with zero attached hydrogens (tertiary/aromatic N) is 1. The molecule has 26 heavy (non-hydrogen) atoms. The Kier molecular flexibility index (Phi) is 5.56. The van der Waals surface area contributed by atoms with E-state index in [-0.39, 0.29) is 11.8 Å². The van der Waals surface area contributed by atoms with Crippen molar-refractivity contribution in [1.82, 2.24) is 10.2 Å². The summed E-state index contributed by atoms with van der Waals surface area (Å²) in [5.74, 6) is 0.663. The molecule has 1 unspecified atom stereocenters. The molecule has 1 aliphatic rings. The normalized spacial score (nSPS) is 16.9. The number of amides is 2. The average molecular weight is 352 g/mol. The van der Waals surface area contributed by atoms with E-state index < -0.39 is 6.04 Å². The second kappa shape index (κ2) is 8.04. The van der Waals surface area contributed by atoms with Crippen LogP contribution in [0.2, 0.25) is 0 Å². The SMILES string of the molecule is COc1cccc(CCC(=O)N2CCNC(=O)C2c2cccc(C)c2)c1. The number of aryl methyl sites for hydroxylation is 2. The first-order valence-electron chi connectivity index (χ1n) is 8.85. The average Bonchev–Trinajstić information content (AvgIpc) is 2.66. The summed E-state index contributed by atoms with van der Waals surface area (Å²) in [7, 11) is 1.63. The first-order valence-corrected chi connectivity index (χ1v) is 8.85. The van der Waals surface area contributed by atoms with E-state index in [2.05, 4.69) is 5.32 Å². The first-order chi connectivity index (χ1) is 12.6. The zero-order valence-electron chi connectivity index (χ0n) is 15.2. The van der Waals surface area contributed by atoms with Gasteiger partial charge in [-0.05, 0) is 36.6 Å². The van der Waals surface area contributed by atoms with Gasteiger partial charge >= 0.3 is 0 Å². The molecule has 0 spiro atoms. The number of hydrogen-bond donors (Lipinski definition) is 1. The van der Waals surface area contributed by atoms with Crippen LogP contribution in [0.15, 0.2) is 48.5 Å². The molecule has 2 amide bonds. The van der Waals surface area contributed by atoms with Gasteiger partial charge < -0.3 is 15.0 Å². The molecule has 0 saturated carbocycles. The van der Waals surface area contributed by atoms with Gasteiger partial charge in [-0.3, -0.25) is 9.59 Å². The minimum atomic E-state index is -0.554. The highest BCUT2D eigenvalue weighted by Crippen LogP contribution is 2.25. The molecule has 5 nitrogen and oxygen atoms in total. The molecule has 1 aliphatic heterocycles. The number of piperazine rings is 1. The maximum Gasteiger partial charge on any atom is 0.247 e. The van der Waals surface area contributed by atoms with Crippen LogP contribution in [0.25, 0.3) is 0 Å². The highest BCUT2D eigenvalue weighted by Gasteiger charge is 2.33. The third kappa shape index (κ3) is 4.04. The Labute approximate surface area is 154 Å². The summed E-state index contributed by atoms with van der Waals surface area (Å²) in [6.07, 6.45) is 0.984. The van der Waals surface area contributed by atoms with Crippen LogP contribution in [0.3, 0.4) is 0 Å². The molecule has 0 radical (unpaired) electrons. The third-order valence-corrected chi connectivity index (χ3v) is 4.65. The second-order valence-electron chi connectivity index (χ2n) is 6.55. The Morgan fingerprint density at radius 1 is 1.23 bits per heavy atom. The lowest BCUT2D eigenvalue weighted by Gasteiger charge is -2.35. The fourth-order valence-corrected chi connectivity index (χ4v) is 3.33. The first kappa shape index (κ1) is 18.0. The van der Waals surface area contributed by atoms with E-state index in [0.717, 1.165) is 22.4 Å². The summed E-state index contributed by atoms with van der Waals surface area (Å²) >= 11 is 0. The lowest BCUT2D eigenvalue weighted by atomic mass is 9.99. The summed E-state index contributed by atoms with van der Waals surface area (Å²) in [6, 6.07) is 15.0. The maximum absolute atomic E-state index is 12.9. The highest BCUT2D eigenvalue weighted by molar-refractivity contribution is 5.90. The molecule has 5 heteroatoms. The predicted octanol–water partition coefficient (Wildman–Crippen LogP) is 2.64. The minimum Gasteiger partial charge on any atom is -0.497 e. The smallest absolute Gasteiger partial charge is 0.247 e. The summed E-state index contributed by atoms with van der Waals surface area (Å²) in [5.41, 5.74) is 2.98. The quantitative estimate of drug-likeness (QED) is 0.900. The van der Waals surface area contributed by atoms with E-state index in [4.69, 9.17) is 4.74 Å². The molecule has 0 aromatic heterocycles. The van der Waals surface area contributed by atoms with Gasteiger partial charge in [0.15, 0.2) is 0 Å². The van der Waals surface area contributed by atoms with Crippen molar-refractivity contribution in [2.45, 2.75) is 25.8 Å². The Morgan fingerprint density at radius 2 is 2.04 bits per heavy atom. The predicted molar refractivity (Wildman–Crippen MR) is 100.0 cm³/mol. The summed E-state index contributed by atoms with van der Waals surface area (Å²) in [4.78, 5) is 27.0. The molecule has 0 bridgehead atoms. The summed E-state index contributed by atoms with van der Waals surface area (Å²) < 4.78 is 5.23. The second-order valence-corrected chi connectivity index (χ2v) is 6.55. The van der Waals surface area contributed by atoms with Gasteiger partial charge in [0.1, 0.15) is 11.8 Å². The molecule has 1 atom stereocenters. The fraction of sp³-hybridized carbons (Fsp3) is 0.333. The van der Waals surface area contributed by atoms with E-state index in [1.165, 1.54) is 0 Å². The van der Waals surface area contributed by atoms with Crippen LogP contribution < -0.4 is 10.1 Å². The van der Waals surface area contributed by atoms with Crippen LogP contribution in [0.4, 0.5) is 0 Å². The highest BCUT2D eigenvalue weighted by atomic mass is 16.5. The van der Waals surface area contributed by atoms with Crippen molar-refractivity contribution in [2.75, 3.05) is 20.2 Å². The number of benzene rings is 2. The number of rotatable bonds is 5. The number of carbonyl (C=O) groups excluding carboxylic acids is 2. The Hall–Kier alpha value is -2.82. The zero-order valence-corrected chi connectivity index (χ0v) is 15.2. The molecule has 1 heterocycles. The van der Waals surface area contributed by atoms with E-state index in [0.29, 0.717) is 25.9 Å². The lowest BCUT2D eigenvalue weighted by molar-refractivity contribution is -0.143. The van der Waals surface area contributed by atoms with E-state index >= 15 is 0 Å². The van der Waals surface area contributed by atoms with E-state index in [9.17, 15) is 9.59 Å². The van der Waals surface area contributed by atoms with Gasteiger partial charge in [0.2, 0.25) is 11.8 Å². The molecule has 2 aromatic carbocycles. The third-order valence-electron chi connectivity index (χ3n) is 4.65. The summed E-state index contributed by atoms with van der Waals surface area (Å²) in [6.45, 7) is 3.01. The Bertz CT molecular complexity index is 803. The molecule has 3 rings (SSSR count). The van der Waals surface area contributed by atoms with Gasteiger partial charge in [-0.2, -0.15) is 0 Å². The van der Waals surface area contributed by atoms with Gasteiger partial charge in [0.25, 0.3) is 0 Å². The number of carbonyl (C=O) groups is 2. The topological polar surface area (TPSA) is 58.6 Å². The van der Waals surface area contributed by atoms with Crippen LogP contribution in [0.5, 0.6) is 5.75 Å². The Balaban J connectivity index is 1.74. The maximum atomic E-state index is 12.9. The van der Waals surface area contributed by atoms with Crippen molar-refractivity contribution in [1.29, 1.82) is 0 Å². The number of nitrogens with one attached hydrogen (secondary N) is 1. The minimum absolute atomic E-state index is 0.00539. The van der Waals surface area contributed by atoms with E-state index in [1.54, 1.807) is 12.0 Å². The molecule has 2 aromatic rings. The molecular formula is C21H24N2O3. The van der Waals surface area contributed by atoms with Crippen molar-refractivity contribution in [3.05, 3.63) is 65.2 Å². The monoisotopic (exact) mass is 352 g/mol. The fourth-order valence-electron chi connectivity index (χ4n) is 3.33. The molecule has 1 N–H and O–H groups in total. The number of hydrogen-bond acceptors (Lipinski definition) is 3.